The third-order valence-corrected chi connectivity index (χ3v) is 5.61. The second-order valence-electron chi connectivity index (χ2n) is 6.74. The number of thioether (sulfide) groups is 1. The smallest absolute Gasteiger partial charge is 0.258 e. The summed E-state index contributed by atoms with van der Waals surface area (Å²) in [5, 5.41) is 2.77. The van der Waals surface area contributed by atoms with Crippen LogP contribution < -0.4 is 10.9 Å². The fourth-order valence-corrected chi connectivity index (χ4v) is 3.91. The lowest BCUT2D eigenvalue weighted by atomic mass is 10.2. The van der Waals surface area contributed by atoms with E-state index in [1.807, 2.05) is 31.2 Å². The van der Waals surface area contributed by atoms with Gasteiger partial charge in [0.1, 0.15) is 11.5 Å². The molecule has 7 heteroatoms. The predicted molar refractivity (Wildman–Crippen MR) is 117 cm³/mol. The van der Waals surface area contributed by atoms with Crippen molar-refractivity contribution in [2.24, 2.45) is 0 Å². The molecule has 5 nitrogen and oxygen atoms in total. The van der Waals surface area contributed by atoms with Gasteiger partial charge < -0.3 is 5.32 Å². The molecule has 2 aromatic heterocycles. The molecule has 0 unspecified atom stereocenters. The van der Waals surface area contributed by atoms with Gasteiger partial charge in [0.05, 0.1) is 16.9 Å². The maximum Gasteiger partial charge on any atom is 0.258 e. The number of anilines is 1. The van der Waals surface area contributed by atoms with Crippen molar-refractivity contribution in [3.05, 3.63) is 106 Å². The number of aryl methyl sites for hydroxylation is 1. The molecule has 0 bridgehead atoms. The van der Waals surface area contributed by atoms with Crippen LogP contribution in [-0.2, 0) is 5.75 Å². The molecule has 1 N–H and O–H groups in total. The number of carbonyl (C=O) groups excluding carboxylic acids is 1. The van der Waals surface area contributed by atoms with Crippen LogP contribution in [0.3, 0.4) is 0 Å². The summed E-state index contributed by atoms with van der Waals surface area (Å²) in [5.41, 5.74) is 2.68. The molecule has 2 heterocycles. The van der Waals surface area contributed by atoms with Crippen LogP contribution in [0, 0.1) is 12.7 Å². The van der Waals surface area contributed by atoms with Gasteiger partial charge in [-0.3, -0.25) is 14.0 Å². The molecular weight excluding hydrogens is 401 g/mol. The first-order chi connectivity index (χ1) is 14.5. The van der Waals surface area contributed by atoms with Gasteiger partial charge in [0.2, 0.25) is 0 Å². The van der Waals surface area contributed by atoms with Crippen molar-refractivity contribution in [1.29, 1.82) is 0 Å². The van der Waals surface area contributed by atoms with Gasteiger partial charge >= 0.3 is 0 Å². The van der Waals surface area contributed by atoms with Crippen LogP contribution in [0.4, 0.5) is 10.1 Å². The highest BCUT2D eigenvalue weighted by Gasteiger charge is 2.13. The minimum absolute atomic E-state index is 0.0168. The molecule has 0 saturated carbocycles. The number of aromatic nitrogens is 2. The number of amides is 1. The van der Waals surface area contributed by atoms with Crippen molar-refractivity contribution >= 4 is 29.0 Å². The molecule has 0 saturated heterocycles. The van der Waals surface area contributed by atoms with Gasteiger partial charge in [-0.1, -0.05) is 24.3 Å². The van der Waals surface area contributed by atoms with Crippen LogP contribution in [0.1, 0.15) is 21.6 Å². The van der Waals surface area contributed by atoms with E-state index in [1.54, 1.807) is 24.4 Å². The molecule has 0 fully saturated rings. The summed E-state index contributed by atoms with van der Waals surface area (Å²) < 4.78 is 15.4. The number of halogens is 1. The second kappa shape index (κ2) is 8.51. The molecule has 1 amide bonds. The molecule has 4 rings (SSSR count). The van der Waals surface area contributed by atoms with Crippen LogP contribution >= 0.6 is 11.8 Å². The third-order valence-electron chi connectivity index (χ3n) is 4.51. The van der Waals surface area contributed by atoms with Gasteiger partial charge in [-0.25, -0.2) is 9.37 Å². The van der Waals surface area contributed by atoms with Gasteiger partial charge in [-0.2, -0.15) is 0 Å². The summed E-state index contributed by atoms with van der Waals surface area (Å²) in [6, 6.07) is 18.3. The zero-order chi connectivity index (χ0) is 21.1. The first-order valence-corrected chi connectivity index (χ1v) is 10.3. The van der Waals surface area contributed by atoms with E-state index in [1.165, 1.54) is 40.4 Å². The van der Waals surface area contributed by atoms with E-state index in [4.69, 9.17) is 0 Å². The van der Waals surface area contributed by atoms with Crippen LogP contribution in [0.25, 0.3) is 5.65 Å². The van der Waals surface area contributed by atoms with Gasteiger partial charge in [-0.15, -0.1) is 11.8 Å². The minimum Gasteiger partial charge on any atom is -0.321 e. The van der Waals surface area contributed by atoms with Crippen molar-refractivity contribution in [2.45, 2.75) is 17.6 Å². The van der Waals surface area contributed by atoms with Gasteiger partial charge in [0, 0.05) is 22.9 Å². The van der Waals surface area contributed by atoms with Crippen LogP contribution in [0.5, 0.6) is 0 Å². The number of carbonyl (C=O) groups is 1. The summed E-state index contributed by atoms with van der Waals surface area (Å²) in [4.78, 5) is 30.2. The number of nitrogens with zero attached hydrogens (tertiary/aromatic N) is 2. The lowest BCUT2D eigenvalue weighted by Crippen LogP contribution is -2.15. The average molecular weight is 419 g/mol. The normalized spacial score (nSPS) is 10.9. The first-order valence-electron chi connectivity index (χ1n) is 9.28. The van der Waals surface area contributed by atoms with Crippen LogP contribution in [0.15, 0.2) is 82.6 Å². The number of rotatable bonds is 5. The van der Waals surface area contributed by atoms with E-state index < -0.39 is 11.7 Å². The van der Waals surface area contributed by atoms with Crippen molar-refractivity contribution in [3.8, 4) is 0 Å². The van der Waals surface area contributed by atoms with Crippen molar-refractivity contribution < 1.29 is 9.18 Å². The Morgan fingerprint density at radius 2 is 1.87 bits per heavy atom. The van der Waals surface area contributed by atoms with Gasteiger partial charge in [0.15, 0.2) is 0 Å². The van der Waals surface area contributed by atoms with E-state index in [2.05, 4.69) is 10.3 Å². The zero-order valence-corrected chi connectivity index (χ0v) is 16.9. The lowest BCUT2D eigenvalue weighted by Gasteiger charge is -2.11. The zero-order valence-electron chi connectivity index (χ0n) is 16.1. The number of pyridine rings is 1. The van der Waals surface area contributed by atoms with E-state index in [-0.39, 0.29) is 11.1 Å². The molecule has 150 valence electrons. The number of para-hydroxylation sites is 1. The number of nitrogens with one attached hydrogen (secondary N) is 1. The standard InChI is InChI=1S/C23H18FN3O2S/c1-15-10-11-27-21(12-15)25-16(13-22(27)28)14-30-20-9-5-4-8-19(20)26-23(29)17-6-2-3-7-18(17)24/h2-13H,14H2,1H3,(H,26,29). The molecule has 0 aliphatic carbocycles. The first kappa shape index (κ1) is 19.8. The average Bonchev–Trinajstić information content (AvgIpc) is 2.73. The fourth-order valence-electron chi connectivity index (χ4n) is 3.01. The summed E-state index contributed by atoms with van der Waals surface area (Å²) in [6.07, 6.45) is 1.71. The quantitative estimate of drug-likeness (QED) is 0.477. The minimum atomic E-state index is -0.573. The molecular formula is C23H18FN3O2S. The summed E-state index contributed by atoms with van der Waals surface area (Å²) >= 11 is 1.44. The van der Waals surface area contributed by atoms with Crippen LogP contribution in [-0.4, -0.2) is 15.3 Å². The largest absolute Gasteiger partial charge is 0.321 e. The van der Waals surface area contributed by atoms with E-state index in [9.17, 15) is 14.0 Å². The third kappa shape index (κ3) is 4.26. The Morgan fingerprint density at radius 1 is 1.10 bits per heavy atom. The number of fused-ring (bicyclic) bond motifs is 1. The van der Waals surface area contributed by atoms with Crippen molar-refractivity contribution in [2.75, 3.05) is 5.32 Å². The Labute approximate surface area is 176 Å². The maximum absolute atomic E-state index is 13.9. The molecule has 2 aromatic carbocycles. The Balaban J connectivity index is 1.55. The highest BCUT2D eigenvalue weighted by molar-refractivity contribution is 7.98. The van der Waals surface area contributed by atoms with Gasteiger partial charge in [0.25, 0.3) is 11.5 Å². The topological polar surface area (TPSA) is 63.5 Å². The molecule has 30 heavy (non-hydrogen) atoms. The van der Waals surface area contributed by atoms with E-state index >= 15 is 0 Å². The Kier molecular flexibility index (Phi) is 5.63. The summed E-state index contributed by atoms with van der Waals surface area (Å²) in [5.74, 6) is -0.637. The SMILES string of the molecule is Cc1ccn2c(=O)cc(CSc3ccccc3NC(=O)c3ccccc3F)nc2c1. The molecule has 0 aliphatic rings. The highest BCUT2D eigenvalue weighted by atomic mass is 32.2. The Hall–Kier alpha value is -3.45. The number of hydrogen-bond acceptors (Lipinski definition) is 4. The van der Waals surface area contributed by atoms with Crippen molar-refractivity contribution in [3.63, 3.8) is 0 Å². The number of hydrogen-bond donors (Lipinski definition) is 1. The fraction of sp³-hybridized carbons (Fsp3) is 0.0870. The Bertz CT molecular complexity index is 1300. The highest BCUT2D eigenvalue weighted by Crippen LogP contribution is 2.29. The molecule has 0 atom stereocenters. The monoisotopic (exact) mass is 419 g/mol. The molecule has 4 aromatic rings. The maximum atomic E-state index is 13.9. The number of benzene rings is 2. The van der Waals surface area contributed by atoms with E-state index in [0.717, 1.165) is 10.5 Å². The molecule has 0 spiro atoms. The Morgan fingerprint density at radius 3 is 2.70 bits per heavy atom. The van der Waals surface area contributed by atoms with Crippen LogP contribution in [0.2, 0.25) is 0 Å². The summed E-state index contributed by atoms with van der Waals surface area (Å²) in [6.45, 7) is 1.95. The predicted octanol–water partition coefficient (Wildman–Crippen LogP) is 4.69. The summed E-state index contributed by atoms with van der Waals surface area (Å²) in [7, 11) is 0. The second-order valence-corrected chi connectivity index (χ2v) is 7.75. The van der Waals surface area contributed by atoms with E-state index in [0.29, 0.717) is 22.8 Å². The van der Waals surface area contributed by atoms with Gasteiger partial charge in [-0.05, 0) is 48.9 Å². The molecule has 0 aliphatic heterocycles. The van der Waals surface area contributed by atoms with Crippen molar-refractivity contribution in [1.82, 2.24) is 9.38 Å². The lowest BCUT2D eigenvalue weighted by molar-refractivity contribution is 0.102. The molecule has 0 radical (unpaired) electrons.